The number of hydrogen-bond donors (Lipinski definition) is 1. The van der Waals surface area contributed by atoms with Gasteiger partial charge in [-0.1, -0.05) is 42.9 Å². The molecule has 0 saturated heterocycles. The van der Waals surface area contributed by atoms with Gasteiger partial charge in [0, 0.05) is 40.2 Å². The van der Waals surface area contributed by atoms with E-state index in [4.69, 9.17) is 11.6 Å². The molecule has 1 heterocycles. The number of halogens is 1. The SMILES string of the molecule is C[NH2+]c1ccc(Cl)cc1C(C)(C)C/C=C/c1ccc([SH2+])s1. The summed E-state index contributed by atoms with van der Waals surface area (Å²) in [5, 5.41) is 2.95. The predicted molar refractivity (Wildman–Crippen MR) is 98.4 cm³/mol. The van der Waals surface area contributed by atoms with E-state index in [2.05, 4.69) is 75.3 Å². The Hall–Kier alpha value is -0.740. The Balaban J connectivity index is 2.18. The van der Waals surface area contributed by atoms with Crippen molar-refractivity contribution in [2.75, 3.05) is 7.05 Å². The third-order valence-electron chi connectivity index (χ3n) is 3.59. The van der Waals surface area contributed by atoms with Gasteiger partial charge in [0.1, 0.15) is 5.69 Å². The number of benzene rings is 1. The molecule has 0 aliphatic heterocycles. The van der Waals surface area contributed by atoms with Crippen molar-refractivity contribution in [3.63, 3.8) is 0 Å². The lowest BCUT2D eigenvalue weighted by atomic mass is 9.80. The summed E-state index contributed by atoms with van der Waals surface area (Å²) in [6.45, 7) is 4.53. The quantitative estimate of drug-likeness (QED) is 0.627. The molecule has 4 heteroatoms. The van der Waals surface area contributed by atoms with Crippen LogP contribution in [-0.2, 0) is 18.0 Å². The Kier molecular flexibility index (Phi) is 5.55. The van der Waals surface area contributed by atoms with Crippen molar-refractivity contribution >= 4 is 47.3 Å². The van der Waals surface area contributed by atoms with Crippen molar-refractivity contribution in [1.29, 1.82) is 0 Å². The normalized spacial score (nSPS) is 12.2. The van der Waals surface area contributed by atoms with Crippen molar-refractivity contribution in [2.45, 2.75) is 29.9 Å². The average molecular weight is 340 g/mol. The van der Waals surface area contributed by atoms with Crippen molar-refractivity contribution in [3.05, 3.63) is 51.9 Å². The van der Waals surface area contributed by atoms with Crippen molar-refractivity contribution in [3.8, 4) is 0 Å². The zero-order valence-electron chi connectivity index (χ0n) is 12.6. The van der Waals surface area contributed by atoms with E-state index in [1.807, 2.05) is 6.07 Å². The average Bonchev–Trinajstić information content (AvgIpc) is 2.84. The number of allylic oxidation sites excluding steroid dienone is 1. The van der Waals surface area contributed by atoms with Crippen LogP contribution < -0.4 is 5.32 Å². The summed E-state index contributed by atoms with van der Waals surface area (Å²) in [5.74, 6) is 0. The number of nitrogens with two attached hydrogens (primary N) is 1. The highest BCUT2D eigenvalue weighted by Crippen LogP contribution is 2.33. The van der Waals surface area contributed by atoms with Crippen LogP contribution >= 0.6 is 22.9 Å². The summed E-state index contributed by atoms with van der Waals surface area (Å²) in [7, 11) is 2.07. The molecule has 0 atom stereocenters. The lowest BCUT2D eigenvalue weighted by Crippen LogP contribution is -2.73. The molecule has 0 unspecified atom stereocenters. The Morgan fingerprint density at radius 2 is 2.05 bits per heavy atom. The van der Waals surface area contributed by atoms with Crippen molar-refractivity contribution < 1.29 is 5.32 Å². The van der Waals surface area contributed by atoms with E-state index in [1.165, 1.54) is 16.1 Å². The Labute approximate surface area is 141 Å². The largest absolute Gasteiger partial charge is 0.316 e. The predicted octanol–water partition coefficient (Wildman–Crippen LogP) is 3.98. The van der Waals surface area contributed by atoms with Gasteiger partial charge in [0.2, 0.25) is 4.21 Å². The third-order valence-corrected chi connectivity index (χ3v) is 5.16. The summed E-state index contributed by atoms with van der Waals surface area (Å²) in [5.41, 5.74) is 2.61. The molecule has 0 saturated carbocycles. The van der Waals surface area contributed by atoms with Gasteiger partial charge in [-0.05, 0) is 36.1 Å². The monoisotopic (exact) mass is 339 g/mol. The van der Waals surface area contributed by atoms with Crippen LogP contribution in [0.1, 0.15) is 30.7 Å². The lowest BCUT2D eigenvalue weighted by molar-refractivity contribution is -0.540. The van der Waals surface area contributed by atoms with Crippen LogP contribution in [0.3, 0.4) is 0 Å². The second-order valence-electron chi connectivity index (χ2n) is 5.71. The van der Waals surface area contributed by atoms with Crippen LogP contribution in [0.15, 0.2) is 40.6 Å². The fourth-order valence-corrected chi connectivity index (χ4v) is 3.69. The fourth-order valence-electron chi connectivity index (χ4n) is 2.39. The maximum absolute atomic E-state index is 6.18. The van der Waals surface area contributed by atoms with Crippen LogP contribution in [0.2, 0.25) is 5.02 Å². The number of hydrogen-bond acceptors (Lipinski definition) is 1. The summed E-state index contributed by atoms with van der Waals surface area (Å²) in [6, 6.07) is 10.3. The van der Waals surface area contributed by atoms with Gasteiger partial charge in [-0.25, -0.2) is 0 Å². The second-order valence-corrected chi connectivity index (χ2v) is 8.17. The molecular formula is C17H22ClNS2+2. The van der Waals surface area contributed by atoms with Gasteiger partial charge in [-0.3, -0.25) is 0 Å². The van der Waals surface area contributed by atoms with Crippen LogP contribution in [0, 0.1) is 0 Å². The topological polar surface area (TPSA) is 16.6 Å². The van der Waals surface area contributed by atoms with Gasteiger partial charge in [0.25, 0.3) is 0 Å². The molecule has 0 aliphatic rings. The Bertz CT molecular complexity index is 644. The van der Waals surface area contributed by atoms with E-state index in [1.54, 1.807) is 11.3 Å². The first-order valence-electron chi connectivity index (χ1n) is 7.00. The maximum Gasteiger partial charge on any atom is 0.204 e. The van der Waals surface area contributed by atoms with Gasteiger partial charge in [-0.2, -0.15) is 0 Å². The van der Waals surface area contributed by atoms with Crippen LogP contribution in [0.25, 0.3) is 6.08 Å². The standard InChI is InChI=1S/C17H20ClNS2/c1-17(2,10-4-5-13-7-9-16(20)21-13)14-11-12(18)6-8-15(14)19-3/h4-9,11,19-20H,10H2,1-3H3/p+2/b5-4+. The molecule has 2 rings (SSSR count). The van der Waals surface area contributed by atoms with Crippen molar-refractivity contribution in [1.82, 2.24) is 0 Å². The molecule has 1 aromatic carbocycles. The van der Waals surface area contributed by atoms with Gasteiger partial charge < -0.3 is 5.32 Å². The van der Waals surface area contributed by atoms with E-state index in [0.29, 0.717) is 0 Å². The summed E-state index contributed by atoms with van der Waals surface area (Å²) < 4.78 is 1.16. The highest BCUT2D eigenvalue weighted by atomic mass is 35.5. The second kappa shape index (κ2) is 7.01. The molecule has 0 aliphatic carbocycles. The van der Waals surface area contributed by atoms with Crippen LogP contribution in [-0.4, -0.2) is 7.05 Å². The zero-order valence-corrected chi connectivity index (χ0v) is 15.2. The summed E-state index contributed by atoms with van der Waals surface area (Å²) >= 11 is 11.5. The molecule has 0 bridgehead atoms. The molecule has 1 nitrogen and oxygen atoms in total. The highest BCUT2D eigenvalue weighted by molar-refractivity contribution is 7.62. The first kappa shape index (κ1) is 16.6. The molecule has 0 amide bonds. The fraction of sp³-hybridized carbons (Fsp3) is 0.294. The molecule has 2 aromatic rings. The minimum Gasteiger partial charge on any atom is -0.316 e. The smallest absolute Gasteiger partial charge is 0.204 e. The van der Waals surface area contributed by atoms with E-state index >= 15 is 0 Å². The van der Waals surface area contributed by atoms with E-state index in [9.17, 15) is 0 Å². The molecular weight excluding hydrogens is 318 g/mol. The van der Waals surface area contributed by atoms with Crippen LogP contribution in [0.4, 0.5) is 5.69 Å². The Morgan fingerprint density at radius 3 is 2.67 bits per heavy atom. The van der Waals surface area contributed by atoms with Gasteiger partial charge in [0.05, 0.1) is 7.05 Å². The highest BCUT2D eigenvalue weighted by Gasteiger charge is 2.24. The first-order valence-corrected chi connectivity index (χ1v) is 8.69. The molecule has 0 radical (unpaired) electrons. The maximum atomic E-state index is 6.18. The molecule has 112 valence electrons. The number of rotatable bonds is 5. The number of quaternary nitrogens is 1. The third kappa shape index (κ3) is 4.36. The lowest BCUT2D eigenvalue weighted by Gasteiger charge is -2.24. The van der Waals surface area contributed by atoms with E-state index < -0.39 is 0 Å². The van der Waals surface area contributed by atoms with Gasteiger partial charge in [-0.15, -0.1) is 0 Å². The van der Waals surface area contributed by atoms with Crippen molar-refractivity contribution in [2.24, 2.45) is 0 Å². The summed E-state index contributed by atoms with van der Waals surface area (Å²) in [4.78, 5) is 1.27. The van der Waals surface area contributed by atoms with E-state index in [-0.39, 0.29) is 5.41 Å². The minimum atomic E-state index is 0.0529. The van der Waals surface area contributed by atoms with Gasteiger partial charge in [0.15, 0.2) is 0 Å². The molecule has 1 aromatic heterocycles. The van der Waals surface area contributed by atoms with Gasteiger partial charge >= 0.3 is 0 Å². The number of thiophene rings is 1. The van der Waals surface area contributed by atoms with Crippen LogP contribution in [0.5, 0.6) is 0 Å². The molecule has 2 N–H and O–H groups in total. The Morgan fingerprint density at radius 1 is 1.29 bits per heavy atom. The first-order chi connectivity index (χ1) is 9.92. The molecule has 0 fully saturated rings. The molecule has 21 heavy (non-hydrogen) atoms. The zero-order chi connectivity index (χ0) is 15.5. The minimum absolute atomic E-state index is 0.0529. The summed E-state index contributed by atoms with van der Waals surface area (Å²) in [6.07, 6.45) is 5.41. The van der Waals surface area contributed by atoms with E-state index in [0.717, 1.165) is 15.7 Å². The molecule has 0 spiro atoms.